The molecule has 1 heterocycles. The quantitative estimate of drug-likeness (QED) is 0.607. The first-order valence-electron chi connectivity index (χ1n) is 7.92. The molecule has 4 nitrogen and oxygen atoms in total. The molecule has 0 saturated carbocycles. The first-order valence-corrected chi connectivity index (χ1v) is 10.1. The molecule has 0 unspecified atom stereocenters. The summed E-state index contributed by atoms with van der Waals surface area (Å²) in [4.78, 5) is 24.0. The summed E-state index contributed by atoms with van der Waals surface area (Å²) < 4.78 is 0. The molecular formula is C18H21N3OS2. The van der Waals surface area contributed by atoms with Gasteiger partial charge in [-0.1, -0.05) is 30.0 Å². The lowest BCUT2D eigenvalue weighted by atomic mass is 9.87. The van der Waals surface area contributed by atoms with Crippen molar-refractivity contribution in [3.05, 3.63) is 46.2 Å². The summed E-state index contributed by atoms with van der Waals surface area (Å²) in [6.45, 7) is 0. The van der Waals surface area contributed by atoms with E-state index < -0.39 is 0 Å². The normalized spacial score (nSPS) is 16.2. The van der Waals surface area contributed by atoms with Gasteiger partial charge < -0.3 is 4.90 Å². The Morgan fingerprint density at radius 3 is 2.92 bits per heavy atom. The van der Waals surface area contributed by atoms with E-state index in [0.717, 1.165) is 25.0 Å². The number of nitrogens with zero attached hydrogens (tertiary/aromatic N) is 3. The minimum absolute atomic E-state index is 0.0737. The first-order chi connectivity index (χ1) is 11.6. The topological polar surface area (TPSA) is 46.1 Å². The van der Waals surface area contributed by atoms with E-state index in [9.17, 15) is 4.79 Å². The summed E-state index contributed by atoms with van der Waals surface area (Å²) in [5, 5.41) is 0.676. The molecule has 2 aliphatic rings. The highest BCUT2D eigenvalue weighted by Gasteiger charge is 2.24. The largest absolute Gasteiger partial charge is 0.348 e. The average Bonchev–Trinajstić information content (AvgIpc) is 2.81. The Hall–Kier alpha value is -1.53. The fourth-order valence-electron chi connectivity index (χ4n) is 2.79. The summed E-state index contributed by atoms with van der Waals surface area (Å²) in [5.74, 6) is 0.439. The van der Waals surface area contributed by atoms with Crippen molar-refractivity contribution >= 4 is 35.0 Å². The highest BCUT2D eigenvalue weighted by molar-refractivity contribution is 8.02. The van der Waals surface area contributed by atoms with E-state index in [1.807, 2.05) is 6.20 Å². The molecule has 0 aliphatic heterocycles. The molecule has 0 atom stereocenters. The Kier molecular flexibility index (Phi) is 5.46. The summed E-state index contributed by atoms with van der Waals surface area (Å²) in [6.07, 6.45) is 13.6. The second-order valence-corrected chi connectivity index (χ2v) is 7.77. The van der Waals surface area contributed by atoms with Crippen LogP contribution in [0.15, 0.2) is 40.1 Å². The van der Waals surface area contributed by atoms with Crippen molar-refractivity contribution in [1.82, 2.24) is 14.9 Å². The van der Waals surface area contributed by atoms with E-state index in [-0.39, 0.29) is 5.91 Å². The number of thioether (sulfide) groups is 2. The van der Waals surface area contributed by atoms with Crippen molar-refractivity contribution in [1.29, 1.82) is 0 Å². The third kappa shape index (κ3) is 3.59. The number of amides is 1. The van der Waals surface area contributed by atoms with Gasteiger partial charge in [-0.15, -0.1) is 11.8 Å². The van der Waals surface area contributed by atoms with Crippen LogP contribution in [0.3, 0.4) is 0 Å². The van der Waals surface area contributed by atoms with Crippen LogP contribution >= 0.6 is 23.5 Å². The van der Waals surface area contributed by atoms with Crippen molar-refractivity contribution < 1.29 is 4.79 Å². The number of carbonyl (C=O) groups excluding carboxylic acids is 1. The number of hydrogen-bond acceptors (Lipinski definition) is 5. The molecule has 2 aliphatic carbocycles. The van der Waals surface area contributed by atoms with Crippen molar-refractivity contribution in [2.75, 3.05) is 26.1 Å². The van der Waals surface area contributed by atoms with E-state index >= 15 is 0 Å². The number of rotatable bonds is 4. The minimum atomic E-state index is 0.0737. The zero-order valence-corrected chi connectivity index (χ0v) is 15.8. The molecule has 6 heteroatoms. The van der Waals surface area contributed by atoms with Gasteiger partial charge >= 0.3 is 0 Å². The summed E-state index contributed by atoms with van der Waals surface area (Å²) >= 11 is 3.20. The lowest BCUT2D eigenvalue weighted by molar-refractivity contribution is -0.125. The van der Waals surface area contributed by atoms with E-state index in [0.29, 0.717) is 10.9 Å². The van der Waals surface area contributed by atoms with Gasteiger partial charge in [-0.2, -0.15) is 0 Å². The first kappa shape index (κ1) is 17.3. The Balaban J connectivity index is 1.94. The predicted molar refractivity (Wildman–Crippen MR) is 102 cm³/mol. The van der Waals surface area contributed by atoms with Gasteiger partial charge in [0.25, 0.3) is 0 Å². The number of hydrogen-bond donors (Lipinski definition) is 0. The average molecular weight is 360 g/mol. The molecular weight excluding hydrogens is 338 g/mol. The van der Waals surface area contributed by atoms with E-state index in [1.165, 1.54) is 33.4 Å². The molecule has 0 aromatic carbocycles. The van der Waals surface area contributed by atoms with Gasteiger partial charge in [0.2, 0.25) is 5.91 Å². The lowest BCUT2D eigenvalue weighted by Crippen LogP contribution is -2.23. The third-order valence-corrected chi connectivity index (χ3v) is 5.86. The second-order valence-electron chi connectivity index (χ2n) is 5.93. The monoisotopic (exact) mass is 359 g/mol. The molecule has 0 bridgehead atoms. The SMILES string of the molecule is CSC1=C2C(=CC=CC1)CCc1cnc(SCC(=O)N(C)C)nc12. The molecule has 0 radical (unpaired) electrons. The van der Waals surface area contributed by atoms with Crippen LogP contribution in [0.25, 0.3) is 5.57 Å². The standard InChI is InChI=1S/C18H21N3OS2/c1-21(2)15(22)11-24-18-19-10-13-9-8-12-6-4-5-7-14(23-3)16(12)17(13)20-18/h4-6,10H,7-9,11H2,1-3H3. The van der Waals surface area contributed by atoms with Crippen LogP contribution in [0.4, 0.5) is 0 Å². The van der Waals surface area contributed by atoms with Gasteiger partial charge in [0.1, 0.15) is 0 Å². The van der Waals surface area contributed by atoms with Crippen LogP contribution in [-0.2, 0) is 11.2 Å². The Labute approximate surface area is 151 Å². The fourth-order valence-corrected chi connectivity index (χ4v) is 4.27. The zero-order valence-electron chi connectivity index (χ0n) is 14.2. The van der Waals surface area contributed by atoms with Crippen LogP contribution in [0.1, 0.15) is 24.1 Å². The second kappa shape index (κ2) is 7.57. The van der Waals surface area contributed by atoms with E-state index in [1.54, 1.807) is 30.8 Å². The molecule has 0 saturated heterocycles. The molecule has 126 valence electrons. The fraction of sp³-hybridized carbons (Fsp3) is 0.389. The van der Waals surface area contributed by atoms with Gasteiger partial charge in [0.05, 0.1) is 11.4 Å². The molecule has 1 aromatic heterocycles. The van der Waals surface area contributed by atoms with Gasteiger partial charge in [0.15, 0.2) is 5.16 Å². The van der Waals surface area contributed by atoms with Crippen LogP contribution in [0.2, 0.25) is 0 Å². The lowest BCUT2D eigenvalue weighted by Gasteiger charge is -2.23. The predicted octanol–water partition coefficient (Wildman–Crippen LogP) is 3.56. The van der Waals surface area contributed by atoms with Crippen molar-refractivity contribution in [3.8, 4) is 0 Å². The maximum atomic E-state index is 11.8. The zero-order chi connectivity index (χ0) is 17.1. The maximum absolute atomic E-state index is 11.8. The Morgan fingerprint density at radius 1 is 1.33 bits per heavy atom. The van der Waals surface area contributed by atoms with Crippen molar-refractivity contribution in [3.63, 3.8) is 0 Å². The highest BCUT2D eigenvalue weighted by Crippen LogP contribution is 2.41. The van der Waals surface area contributed by atoms with Crippen molar-refractivity contribution in [2.24, 2.45) is 0 Å². The summed E-state index contributed by atoms with van der Waals surface area (Å²) in [7, 11) is 3.53. The van der Waals surface area contributed by atoms with E-state index in [2.05, 4.69) is 29.5 Å². The van der Waals surface area contributed by atoms with Crippen LogP contribution in [0.5, 0.6) is 0 Å². The number of fused-ring (bicyclic) bond motifs is 3. The molecule has 1 aromatic rings. The molecule has 0 fully saturated rings. The molecule has 3 rings (SSSR count). The van der Waals surface area contributed by atoms with Gasteiger partial charge in [-0.3, -0.25) is 4.79 Å². The van der Waals surface area contributed by atoms with Crippen LogP contribution in [0, 0.1) is 0 Å². The molecule has 1 amide bonds. The summed E-state index contributed by atoms with van der Waals surface area (Å²) in [6, 6.07) is 0. The van der Waals surface area contributed by atoms with Crippen molar-refractivity contribution in [2.45, 2.75) is 24.4 Å². The minimum Gasteiger partial charge on any atom is -0.348 e. The Bertz CT molecular complexity index is 751. The number of allylic oxidation sites excluding steroid dienone is 6. The van der Waals surface area contributed by atoms with Gasteiger partial charge in [-0.05, 0) is 41.6 Å². The third-order valence-electron chi connectivity index (χ3n) is 4.15. The number of carbonyl (C=O) groups is 1. The van der Waals surface area contributed by atoms with Gasteiger partial charge in [0, 0.05) is 25.9 Å². The molecule has 0 spiro atoms. The molecule has 24 heavy (non-hydrogen) atoms. The number of aromatic nitrogens is 2. The number of aryl methyl sites for hydroxylation is 1. The highest BCUT2D eigenvalue weighted by atomic mass is 32.2. The van der Waals surface area contributed by atoms with Gasteiger partial charge in [-0.25, -0.2) is 9.97 Å². The van der Waals surface area contributed by atoms with Crippen LogP contribution < -0.4 is 0 Å². The van der Waals surface area contributed by atoms with E-state index in [4.69, 9.17) is 4.98 Å². The maximum Gasteiger partial charge on any atom is 0.232 e. The Morgan fingerprint density at radius 2 is 2.17 bits per heavy atom. The molecule has 0 N–H and O–H groups in total. The smallest absolute Gasteiger partial charge is 0.232 e. The summed E-state index contributed by atoms with van der Waals surface area (Å²) in [5.41, 5.74) is 4.89. The van der Waals surface area contributed by atoms with Crippen LogP contribution in [-0.4, -0.2) is 46.9 Å².